The van der Waals surface area contributed by atoms with Gasteiger partial charge in [-0.15, -0.1) is 0 Å². The van der Waals surface area contributed by atoms with Crippen LogP contribution in [0.1, 0.15) is 22.8 Å². The molecule has 4 heteroatoms. The first-order valence-electron chi connectivity index (χ1n) is 6.36. The van der Waals surface area contributed by atoms with Gasteiger partial charge >= 0.3 is 0 Å². The lowest BCUT2D eigenvalue weighted by molar-refractivity contribution is 0.0988. The Bertz CT molecular complexity index is 605. The van der Waals surface area contributed by atoms with Gasteiger partial charge in [-0.05, 0) is 44.2 Å². The van der Waals surface area contributed by atoms with Crippen molar-refractivity contribution >= 4 is 39.1 Å². The highest BCUT2D eigenvalue weighted by Gasteiger charge is 2.16. The number of halogens is 2. The zero-order valence-electron chi connectivity index (χ0n) is 11.4. The Labute approximate surface area is 132 Å². The van der Waals surface area contributed by atoms with E-state index in [-0.39, 0.29) is 5.91 Å². The maximum absolute atomic E-state index is 12.6. The highest BCUT2D eigenvalue weighted by Crippen LogP contribution is 2.23. The smallest absolute Gasteiger partial charge is 0.258 e. The second-order valence-corrected chi connectivity index (χ2v) is 5.90. The number of anilines is 1. The number of benzene rings is 2. The lowest BCUT2D eigenvalue weighted by Gasteiger charge is -2.21. The maximum Gasteiger partial charge on any atom is 0.258 e. The summed E-state index contributed by atoms with van der Waals surface area (Å²) in [6.07, 6.45) is 0. The van der Waals surface area contributed by atoms with Gasteiger partial charge in [-0.2, -0.15) is 0 Å². The second-order valence-electron chi connectivity index (χ2n) is 4.54. The van der Waals surface area contributed by atoms with Crippen LogP contribution in [0.3, 0.4) is 0 Å². The molecule has 20 heavy (non-hydrogen) atoms. The molecule has 0 heterocycles. The zero-order chi connectivity index (χ0) is 14.7. The Morgan fingerprint density at radius 2 is 1.85 bits per heavy atom. The van der Waals surface area contributed by atoms with Gasteiger partial charge in [0.2, 0.25) is 0 Å². The van der Waals surface area contributed by atoms with E-state index in [1.165, 1.54) is 5.56 Å². The summed E-state index contributed by atoms with van der Waals surface area (Å²) >= 11 is 9.37. The summed E-state index contributed by atoms with van der Waals surface area (Å²) < 4.78 is 0.799. The second kappa shape index (κ2) is 6.42. The lowest BCUT2D eigenvalue weighted by Crippen LogP contribution is -2.30. The van der Waals surface area contributed by atoms with Crippen LogP contribution in [-0.2, 0) is 0 Å². The molecule has 0 fully saturated rings. The van der Waals surface area contributed by atoms with Crippen molar-refractivity contribution in [3.8, 4) is 0 Å². The van der Waals surface area contributed by atoms with E-state index in [4.69, 9.17) is 11.6 Å². The summed E-state index contributed by atoms with van der Waals surface area (Å²) in [5.41, 5.74) is 2.63. The van der Waals surface area contributed by atoms with Gasteiger partial charge in [-0.1, -0.05) is 45.2 Å². The van der Waals surface area contributed by atoms with Crippen LogP contribution >= 0.6 is 27.5 Å². The van der Waals surface area contributed by atoms with E-state index in [1.54, 1.807) is 23.1 Å². The molecule has 0 aliphatic rings. The molecule has 0 radical (unpaired) electrons. The standard InChI is InChI=1S/C16H15BrClNO/c1-3-19(15-6-4-11(2)5-7-15)16(20)12-8-13(17)10-14(18)9-12/h4-10H,3H2,1-2H3. The fourth-order valence-corrected chi connectivity index (χ4v) is 2.86. The van der Waals surface area contributed by atoms with Gasteiger partial charge in [0, 0.05) is 27.3 Å². The maximum atomic E-state index is 12.6. The fraction of sp³-hybridized carbons (Fsp3) is 0.188. The van der Waals surface area contributed by atoms with E-state index in [1.807, 2.05) is 38.1 Å². The van der Waals surface area contributed by atoms with Gasteiger partial charge in [-0.25, -0.2) is 0 Å². The summed E-state index contributed by atoms with van der Waals surface area (Å²) in [6, 6.07) is 13.1. The number of amides is 1. The highest BCUT2D eigenvalue weighted by molar-refractivity contribution is 9.10. The number of hydrogen-bond acceptors (Lipinski definition) is 1. The molecule has 2 nitrogen and oxygen atoms in total. The molecule has 0 N–H and O–H groups in total. The predicted octanol–water partition coefficient (Wildman–Crippen LogP) is 5.08. The van der Waals surface area contributed by atoms with E-state index < -0.39 is 0 Å². The Morgan fingerprint density at radius 3 is 2.40 bits per heavy atom. The summed E-state index contributed by atoms with van der Waals surface area (Å²) in [4.78, 5) is 14.3. The molecule has 2 aromatic rings. The van der Waals surface area contributed by atoms with Crippen LogP contribution in [0, 0.1) is 6.92 Å². The molecule has 0 bridgehead atoms. The van der Waals surface area contributed by atoms with Gasteiger partial charge in [-0.3, -0.25) is 4.79 Å². The summed E-state index contributed by atoms with van der Waals surface area (Å²) in [5.74, 6) is -0.0560. The van der Waals surface area contributed by atoms with Gasteiger partial charge < -0.3 is 4.90 Å². The van der Waals surface area contributed by atoms with Crippen LogP contribution in [0.15, 0.2) is 46.9 Å². The molecule has 2 aromatic carbocycles. The SMILES string of the molecule is CCN(C(=O)c1cc(Cl)cc(Br)c1)c1ccc(C)cc1. The zero-order valence-corrected chi connectivity index (χ0v) is 13.7. The summed E-state index contributed by atoms with van der Waals surface area (Å²) in [6.45, 7) is 4.58. The third kappa shape index (κ3) is 3.41. The molecule has 0 aliphatic carbocycles. The Balaban J connectivity index is 2.36. The van der Waals surface area contributed by atoms with Crippen LogP contribution < -0.4 is 4.90 Å². The number of hydrogen-bond donors (Lipinski definition) is 0. The number of carbonyl (C=O) groups is 1. The summed E-state index contributed by atoms with van der Waals surface area (Å²) in [5, 5.41) is 0.544. The van der Waals surface area contributed by atoms with E-state index >= 15 is 0 Å². The Hall–Kier alpha value is -1.32. The minimum Gasteiger partial charge on any atom is -0.309 e. The molecule has 0 aromatic heterocycles. The van der Waals surface area contributed by atoms with Crippen LogP contribution in [0.5, 0.6) is 0 Å². The molecule has 0 saturated heterocycles. The first-order chi connectivity index (χ1) is 9.51. The van der Waals surface area contributed by atoms with Crippen LogP contribution in [0.25, 0.3) is 0 Å². The number of rotatable bonds is 3. The van der Waals surface area contributed by atoms with E-state index in [0.29, 0.717) is 17.1 Å². The van der Waals surface area contributed by atoms with Crippen LogP contribution in [0.2, 0.25) is 5.02 Å². The van der Waals surface area contributed by atoms with Crippen molar-refractivity contribution < 1.29 is 4.79 Å². The fourth-order valence-electron chi connectivity index (χ4n) is 2.00. The first-order valence-corrected chi connectivity index (χ1v) is 7.53. The highest BCUT2D eigenvalue weighted by atomic mass is 79.9. The molecule has 0 unspecified atom stereocenters. The average molecular weight is 353 g/mol. The largest absolute Gasteiger partial charge is 0.309 e. The van der Waals surface area contributed by atoms with E-state index in [9.17, 15) is 4.79 Å². The van der Waals surface area contributed by atoms with Crippen LogP contribution in [-0.4, -0.2) is 12.5 Å². The quantitative estimate of drug-likeness (QED) is 0.754. The molecule has 104 valence electrons. The lowest BCUT2D eigenvalue weighted by atomic mass is 10.1. The van der Waals surface area contributed by atoms with Crippen molar-refractivity contribution in [3.05, 3.63) is 63.1 Å². The Kier molecular flexibility index (Phi) is 4.84. The molecule has 0 aliphatic heterocycles. The van der Waals surface area contributed by atoms with Gasteiger partial charge in [0.15, 0.2) is 0 Å². The topological polar surface area (TPSA) is 20.3 Å². The average Bonchev–Trinajstić information content (AvgIpc) is 2.40. The minimum absolute atomic E-state index is 0.0560. The van der Waals surface area contributed by atoms with Gasteiger partial charge in [0.05, 0.1) is 0 Å². The van der Waals surface area contributed by atoms with Crippen molar-refractivity contribution in [3.63, 3.8) is 0 Å². The van der Waals surface area contributed by atoms with E-state index in [0.717, 1.165) is 10.2 Å². The Morgan fingerprint density at radius 1 is 1.20 bits per heavy atom. The van der Waals surface area contributed by atoms with Crippen molar-refractivity contribution in [2.45, 2.75) is 13.8 Å². The normalized spacial score (nSPS) is 10.4. The molecule has 0 spiro atoms. The molecule has 0 atom stereocenters. The van der Waals surface area contributed by atoms with Crippen molar-refractivity contribution in [2.75, 3.05) is 11.4 Å². The molecule has 1 amide bonds. The van der Waals surface area contributed by atoms with Crippen molar-refractivity contribution in [1.29, 1.82) is 0 Å². The van der Waals surface area contributed by atoms with Gasteiger partial charge in [0.25, 0.3) is 5.91 Å². The molecular weight excluding hydrogens is 338 g/mol. The molecule has 2 rings (SSSR count). The van der Waals surface area contributed by atoms with Crippen molar-refractivity contribution in [1.82, 2.24) is 0 Å². The number of aryl methyl sites for hydroxylation is 1. The van der Waals surface area contributed by atoms with Gasteiger partial charge in [0.1, 0.15) is 0 Å². The third-order valence-electron chi connectivity index (χ3n) is 3.02. The minimum atomic E-state index is -0.0560. The molecule has 0 saturated carbocycles. The third-order valence-corrected chi connectivity index (χ3v) is 3.69. The first kappa shape index (κ1) is 15.1. The van der Waals surface area contributed by atoms with Crippen LogP contribution in [0.4, 0.5) is 5.69 Å². The monoisotopic (exact) mass is 351 g/mol. The van der Waals surface area contributed by atoms with Crippen molar-refractivity contribution in [2.24, 2.45) is 0 Å². The predicted molar refractivity (Wildman–Crippen MR) is 87.7 cm³/mol. The number of nitrogens with zero attached hydrogens (tertiary/aromatic N) is 1. The number of carbonyl (C=O) groups excluding carboxylic acids is 1. The summed E-state index contributed by atoms with van der Waals surface area (Å²) in [7, 11) is 0. The van der Waals surface area contributed by atoms with E-state index in [2.05, 4.69) is 15.9 Å². The molecular formula is C16H15BrClNO.